The zero-order valence-electron chi connectivity index (χ0n) is 17.1. The quantitative estimate of drug-likeness (QED) is 0.467. The van der Waals surface area contributed by atoms with E-state index in [9.17, 15) is 18.0 Å². The molecule has 1 atom stereocenters. The Morgan fingerprint density at radius 3 is 2.72 bits per heavy atom. The SMILES string of the molecule is C#CCN(CC(=O)Nc1scc(CC(C)C)c1C(=O)OCC)C1CCS(=O)(=O)C1. The van der Waals surface area contributed by atoms with Crippen molar-refractivity contribution in [2.45, 2.75) is 39.7 Å². The molecule has 29 heavy (non-hydrogen) atoms. The number of amides is 1. The third-order valence-electron chi connectivity index (χ3n) is 4.59. The fourth-order valence-corrected chi connectivity index (χ4v) is 6.09. The molecule has 0 aliphatic carbocycles. The molecule has 0 aromatic carbocycles. The molecule has 1 aliphatic rings. The van der Waals surface area contributed by atoms with Gasteiger partial charge in [-0.1, -0.05) is 19.8 Å². The molecule has 2 heterocycles. The first-order valence-electron chi connectivity index (χ1n) is 9.62. The Bertz CT molecular complexity index is 883. The lowest BCUT2D eigenvalue weighted by molar-refractivity contribution is -0.117. The summed E-state index contributed by atoms with van der Waals surface area (Å²) in [5.74, 6) is 2.16. The highest BCUT2D eigenvalue weighted by molar-refractivity contribution is 7.91. The predicted molar refractivity (Wildman–Crippen MR) is 115 cm³/mol. The van der Waals surface area contributed by atoms with Gasteiger partial charge in [0.05, 0.1) is 36.8 Å². The number of anilines is 1. The summed E-state index contributed by atoms with van der Waals surface area (Å²) in [6, 6.07) is -0.272. The second kappa shape index (κ2) is 10.2. The number of nitrogens with zero attached hydrogens (tertiary/aromatic N) is 1. The van der Waals surface area contributed by atoms with E-state index in [1.54, 1.807) is 11.8 Å². The van der Waals surface area contributed by atoms with Crippen LogP contribution in [0.25, 0.3) is 0 Å². The minimum absolute atomic E-state index is 0.00751. The highest BCUT2D eigenvalue weighted by Crippen LogP contribution is 2.31. The first-order chi connectivity index (χ1) is 13.7. The monoisotopic (exact) mass is 440 g/mol. The molecule has 0 radical (unpaired) electrons. The molecule has 1 N–H and O–H groups in total. The lowest BCUT2D eigenvalue weighted by atomic mass is 10.0. The van der Waals surface area contributed by atoms with Crippen molar-refractivity contribution >= 4 is 38.1 Å². The van der Waals surface area contributed by atoms with Crippen LogP contribution in [0.4, 0.5) is 5.00 Å². The molecule has 1 aliphatic heterocycles. The maximum absolute atomic E-state index is 12.7. The standard InChI is InChI=1S/C20H28N2O5S2/c1-5-8-22(16-7-9-29(25,26)13-16)11-17(23)21-19-18(20(24)27-6-2)15(12-28-19)10-14(3)4/h1,12,14,16H,6-11,13H2,2-4H3,(H,21,23). The summed E-state index contributed by atoms with van der Waals surface area (Å²) in [6.45, 7) is 6.23. The first kappa shape index (κ1) is 23.4. The third kappa shape index (κ3) is 6.56. The van der Waals surface area contributed by atoms with E-state index in [2.05, 4.69) is 25.1 Å². The number of rotatable bonds is 9. The Morgan fingerprint density at radius 1 is 1.45 bits per heavy atom. The number of nitrogens with one attached hydrogen (secondary N) is 1. The molecule has 0 spiro atoms. The Hall–Kier alpha value is -1.89. The second-order valence-corrected chi connectivity index (χ2v) is 10.6. The van der Waals surface area contributed by atoms with E-state index in [1.165, 1.54) is 11.3 Å². The average molecular weight is 441 g/mol. The highest BCUT2D eigenvalue weighted by Gasteiger charge is 2.33. The van der Waals surface area contributed by atoms with Gasteiger partial charge in [-0.2, -0.15) is 0 Å². The Morgan fingerprint density at radius 2 is 2.17 bits per heavy atom. The molecule has 2 rings (SSSR count). The van der Waals surface area contributed by atoms with Crippen LogP contribution < -0.4 is 5.32 Å². The average Bonchev–Trinajstić information content (AvgIpc) is 3.17. The van der Waals surface area contributed by atoms with Crippen LogP contribution in [0, 0.1) is 18.3 Å². The second-order valence-electron chi connectivity index (χ2n) is 7.50. The summed E-state index contributed by atoms with van der Waals surface area (Å²) >= 11 is 1.29. The van der Waals surface area contributed by atoms with Gasteiger partial charge >= 0.3 is 5.97 Å². The van der Waals surface area contributed by atoms with E-state index in [4.69, 9.17) is 11.2 Å². The molecule has 0 bridgehead atoms. The number of hydrogen-bond acceptors (Lipinski definition) is 7. The van der Waals surface area contributed by atoms with Crippen LogP contribution in [0.1, 0.15) is 43.1 Å². The maximum atomic E-state index is 12.7. The van der Waals surface area contributed by atoms with E-state index < -0.39 is 15.8 Å². The molecule has 1 saturated heterocycles. The van der Waals surface area contributed by atoms with Crippen molar-refractivity contribution in [2.24, 2.45) is 5.92 Å². The van der Waals surface area contributed by atoms with Gasteiger partial charge in [0.2, 0.25) is 5.91 Å². The van der Waals surface area contributed by atoms with Crippen LogP contribution in [0.2, 0.25) is 0 Å². The van der Waals surface area contributed by atoms with E-state index in [0.717, 1.165) is 5.56 Å². The minimum atomic E-state index is -3.09. The first-order valence-corrected chi connectivity index (χ1v) is 12.3. The number of carbonyl (C=O) groups is 2. The van der Waals surface area contributed by atoms with Gasteiger partial charge in [0.15, 0.2) is 9.84 Å². The number of carbonyl (C=O) groups excluding carboxylic acids is 2. The normalized spacial score (nSPS) is 18.0. The van der Waals surface area contributed by atoms with Crippen molar-refractivity contribution in [2.75, 3.05) is 36.5 Å². The Labute approximate surface area is 176 Å². The van der Waals surface area contributed by atoms with E-state index in [1.807, 2.05) is 5.38 Å². The summed E-state index contributed by atoms with van der Waals surface area (Å²) < 4.78 is 28.7. The van der Waals surface area contributed by atoms with Crippen LogP contribution in [-0.2, 0) is 25.8 Å². The number of thiophene rings is 1. The molecule has 1 aromatic rings. The van der Waals surface area contributed by atoms with Crippen molar-refractivity contribution in [3.63, 3.8) is 0 Å². The topological polar surface area (TPSA) is 92.8 Å². The fraction of sp³-hybridized carbons (Fsp3) is 0.600. The van der Waals surface area contributed by atoms with Crippen molar-refractivity contribution in [3.8, 4) is 12.3 Å². The largest absolute Gasteiger partial charge is 0.462 e. The predicted octanol–water partition coefficient (Wildman–Crippen LogP) is 2.18. The van der Waals surface area contributed by atoms with Gasteiger partial charge < -0.3 is 10.1 Å². The number of ether oxygens (including phenoxy) is 1. The summed E-state index contributed by atoms with van der Waals surface area (Å²) in [7, 11) is -3.09. The van der Waals surface area contributed by atoms with Gasteiger partial charge in [-0.05, 0) is 36.6 Å². The highest BCUT2D eigenvalue weighted by atomic mass is 32.2. The zero-order valence-corrected chi connectivity index (χ0v) is 18.7. The van der Waals surface area contributed by atoms with Crippen molar-refractivity contribution in [1.82, 2.24) is 4.90 Å². The van der Waals surface area contributed by atoms with E-state index in [-0.39, 0.29) is 43.2 Å². The van der Waals surface area contributed by atoms with Crippen LogP contribution in [0.3, 0.4) is 0 Å². The molecule has 1 fully saturated rings. The molecule has 0 saturated carbocycles. The number of terminal acetylenes is 1. The Kier molecular flexibility index (Phi) is 8.25. The van der Waals surface area contributed by atoms with Crippen molar-refractivity contribution < 1.29 is 22.7 Å². The molecule has 7 nitrogen and oxygen atoms in total. The fourth-order valence-electron chi connectivity index (χ4n) is 3.35. The minimum Gasteiger partial charge on any atom is -0.462 e. The van der Waals surface area contributed by atoms with Crippen LogP contribution in [0.15, 0.2) is 5.38 Å². The van der Waals surface area contributed by atoms with Crippen LogP contribution in [0.5, 0.6) is 0 Å². The van der Waals surface area contributed by atoms with Gasteiger partial charge in [0.25, 0.3) is 0 Å². The number of esters is 1. The lowest BCUT2D eigenvalue weighted by Gasteiger charge is -2.25. The van der Waals surface area contributed by atoms with Crippen molar-refractivity contribution in [1.29, 1.82) is 0 Å². The molecule has 1 unspecified atom stereocenters. The third-order valence-corrected chi connectivity index (χ3v) is 7.29. The molecule has 160 valence electrons. The number of hydrogen-bond donors (Lipinski definition) is 1. The van der Waals surface area contributed by atoms with E-state index >= 15 is 0 Å². The van der Waals surface area contributed by atoms with Gasteiger partial charge in [-0.25, -0.2) is 13.2 Å². The molecular formula is C20H28N2O5S2. The molecule has 1 aromatic heterocycles. The lowest BCUT2D eigenvalue weighted by Crippen LogP contribution is -2.41. The summed E-state index contributed by atoms with van der Waals surface area (Å²) in [5.41, 5.74) is 1.24. The number of sulfone groups is 1. The smallest absolute Gasteiger partial charge is 0.341 e. The zero-order chi connectivity index (χ0) is 21.6. The van der Waals surface area contributed by atoms with Gasteiger partial charge in [0.1, 0.15) is 5.00 Å². The molecule has 9 heteroatoms. The summed E-state index contributed by atoms with van der Waals surface area (Å²) in [4.78, 5) is 26.8. The molecule has 1 amide bonds. The van der Waals surface area contributed by atoms with Gasteiger partial charge in [-0.3, -0.25) is 9.69 Å². The van der Waals surface area contributed by atoms with Crippen molar-refractivity contribution in [3.05, 3.63) is 16.5 Å². The van der Waals surface area contributed by atoms with Crippen LogP contribution >= 0.6 is 11.3 Å². The Balaban J connectivity index is 2.15. The van der Waals surface area contributed by atoms with Gasteiger partial charge in [-0.15, -0.1) is 17.8 Å². The van der Waals surface area contributed by atoms with Crippen LogP contribution in [-0.4, -0.2) is 62.4 Å². The summed E-state index contributed by atoms with van der Waals surface area (Å²) in [5, 5.41) is 5.11. The maximum Gasteiger partial charge on any atom is 0.341 e. The van der Waals surface area contributed by atoms with E-state index in [0.29, 0.717) is 29.3 Å². The molecular weight excluding hydrogens is 412 g/mol. The summed E-state index contributed by atoms with van der Waals surface area (Å²) in [6.07, 6.45) is 6.57. The van der Waals surface area contributed by atoms with Gasteiger partial charge in [0, 0.05) is 6.04 Å².